The van der Waals surface area contributed by atoms with Crippen LogP contribution in [0.5, 0.6) is 0 Å². The van der Waals surface area contributed by atoms with Crippen molar-refractivity contribution in [3.8, 4) is 0 Å². The van der Waals surface area contributed by atoms with Crippen molar-refractivity contribution in [2.75, 3.05) is 18.4 Å². The quantitative estimate of drug-likeness (QED) is 0.783. The Morgan fingerprint density at radius 3 is 2.42 bits per heavy atom. The molecule has 0 aromatic heterocycles. The number of piperidine rings is 1. The third-order valence-corrected chi connectivity index (χ3v) is 3.22. The van der Waals surface area contributed by atoms with E-state index in [1.54, 1.807) is 12.1 Å². The van der Waals surface area contributed by atoms with Gasteiger partial charge in [-0.15, -0.1) is 12.4 Å². The van der Waals surface area contributed by atoms with Gasteiger partial charge in [0.25, 0.3) is 0 Å². The van der Waals surface area contributed by atoms with Crippen LogP contribution in [0.3, 0.4) is 0 Å². The maximum Gasteiger partial charge on any atom is 0.319 e. The Balaban J connectivity index is 0.00000180. The Morgan fingerprint density at radius 2 is 1.84 bits per heavy atom. The molecule has 2 amide bonds. The first kappa shape index (κ1) is 15.7. The van der Waals surface area contributed by atoms with Crippen molar-refractivity contribution >= 4 is 24.1 Å². The molecular formula is C13H19ClFN3O. The fourth-order valence-electron chi connectivity index (χ4n) is 2.07. The highest BCUT2D eigenvalue weighted by molar-refractivity contribution is 5.89. The monoisotopic (exact) mass is 287 g/mol. The van der Waals surface area contributed by atoms with E-state index in [1.165, 1.54) is 12.1 Å². The van der Waals surface area contributed by atoms with E-state index < -0.39 is 0 Å². The topological polar surface area (TPSA) is 53.2 Å². The van der Waals surface area contributed by atoms with Gasteiger partial charge in [0.15, 0.2) is 0 Å². The lowest BCUT2D eigenvalue weighted by atomic mass is 9.91. The molecule has 3 N–H and O–H groups in total. The molecule has 0 unspecified atom stereocenters. The first-order valence-electron chi connectivity index (χ1n) is 6.13. The fourth-order valence-corrected chi connectivity index (χ4v) is 2.07. The lowest BCUT2D eigenvalue weighted by molar-refractivity contribution is 0.225. The Hall–Kier alpha value is -1.33. The molecule has 1 aliphatic heterocycles. The number of benzene rings is 1. The van der Waals surface area contributed by atoms with Gasteiger partial charge in [0.1, 0.15) is 5.82 Å². The molecule has 0 atom stereocenters. The van der Waals surface area contributed by atoms with Crippen LogP contribution in [0.25, 0.3) is 0 Å². The van der Waals surface area contributed by atoms with Crippen LogP contribution >= 0.6 is 12.4 Å². The van der Waals surface area contributed by atoms with Crippen molar-refractivity contribution in [3.63, 3.8) is 0 Å². The van der Waals surface area contributed by atoms with E-state index in [2.05, 4.69) is 16.0 Å². The number of carbonyl (C=O) groups is 1. The summed E-state index contributed by atoms with van der Waals surface area (Å²) in [6.45, 7) is 3.86. The van der Waals surface area contributed by atoms with Crippen LogP contribution in [-0.2, 0) is 0 Å². The van der Waals surface area contributed by atoms with Crippen molar-refractivity contribution in [2.24, 2.45) is 0 Å². The van der Waals surface area contributed by atoms with Gasteiger partial charge in [-0.25, -0.2) is 9.18 Å². The molecule has 1 heterocycles. The van der Waals surface area contributed by atoms with E-state index in [1.807, 2.05) is 6.92 Å². The molecule has 6 heteroatoms. The molecule has 0 radical (unpaired) electrons. The van der Waals surface area contributed by atoms with E-state index in [9.17, 15) is 9.18 Å². The molecule has 1 aliphatic rings. The Labute approximate surface area is 118 Å². The van der Waals surface area contributed by atoms with Crippen molar-refractivity contribution < 1.29 is 9.18 Å². The highest BCUT2D eigenvalue weighted by Gasteiger charge is 2.28. The standard InChI is InChI=1S/C13H18FN3O.ClH/c1-13(6-8-15-9-7-13)17-12(18)16-11-4-2-10(14)3-5-11;/h2-5,15H,6-9H2,1H3,(H2,16,17,18);1H. The SMILES string of the molecule is CC1(NC(=O)Nc2ccc(F)cc2)CCNCC1.Cl. The Bertz CT molecular complexity index is 418. The summed E-state index contributed by atoms with van der Waals surface area (Å²) in [5.41, 5.74) is 0.418. The minimum absolute atomic E-state index is 0. The molecule has 2 rings (SSSR count). The second-order valence-corrected chi connectivity index (χ2v) is 4.90. The first-order valence-corrected chi connectivity index (χ1v) is 6.13. The second-order valence-electron chi connectivity index (χ2n) is 4.90. The fraction of sp³-hybridized carbons (Fsp3) is 0.462. The number of hydrogen-bond acceptors (Lipinski definition) is 2. The van der Waals surface area contributed by atoms with E-state index in [4.69, 9.17) is 0 Å². The molecule has 0 saturated carbocycles. The third-order valence-electron chi connectivity index (χ3n) is 3.22. The van der Waals surface area contributed by atoms with E-state index in [-0.39, 0.29) is 29.8 Å². The number of anilines is 1. The number of amides is 2. The minimum Gasteiger partial charge on any atom is -0.333 e. The second kappa shape index (κ2) is 6.73. The van der Waals surface area contributed by atoms with Crippen LogP contribution in [0.2, 0.25) is 0 Å². The number of halogens is 2. The molecule has 1 aromatic carbocycles. The molecule has 0 aliphatic carbocycles. The Kier molecular flexibility index (Phi) is 5.57. The number of nitrogens with one attached hydrogen (secondary N) is 3. The normalized spacial score (nSPS) is 17.2. The van der Waals surface area contributed by atoms with Crippen LogP contribution in [0.1, 0.15) is 19.8 Å². The van der Waals surface area contributed by atoms with Crippen molar-refractivity contribution in [1.82, 2.24) is 10.6 Å². The zero-order chi connectivity index (χ0) is 13.0. The summed E-state index contributed by atoms with van der Waals surface area (Å²) in [7, 11) is 0. The lowest BCUT2D eigenvalue weighted by Gasteiger charge is -2.34. The number of rotatable bonds is 2. The lowest BCUT2D eigenvalue weighted by Crippen LogP contribution is -2.53. The highest BCUT2D eigenvalue weighted by atomic mass is 35.5. The van der Waals surface area contributed by atoms with Crippen LogP contribution in [-0.4, -0.2) is 24.7 Å². The summed E-state index contributed by atoms with van der Waals surface area (Å²) in [6, 6.07) is 5.48. The van der Waals surface area contributed by atoms with Crippen LogP contribution in [0, 0.1) is 5.82 Å². The van der Waals surface area contributed by atoms with Crippen LogP contribution < -0.4 is 16.0 Å². The number of carbonyl (C=O) groups excluding carboxylic acids is 1. The first-order chi connectivity index (χ1) is 8.57. The molecule has 0 bridgehead atoms. The van der Waals surface area contributed by atoms with Gasteiger partial charge < -0.3 is 16.0 Å². The molecule has 106 valence electrons. The van der Waals surface area contributed by atoms with Crippen molar-refractivity contribution in [1.29, 1.82) is 0 Å². The van der Waals surface area contributed by atoms with Gasteiger partial charge in [0.2, 0.25) is 0 Å². The predicted octanol–water partition coefficient (Wildman–Crippen LogP) is 2.51. The van der Waals surface area contributed by atoms with Gasteiger partial charge >= 0.3 is 6.03 Å². The molecule has 0 spiro atoms. The van der Waals surface area contributed by atoms with Gasteiger partial charge in [-0.1, -0.05) is 0 Å². The smallest absolute Gasteiger partial charge is 0.319 e. The van der Waals surface area contributed by atoms with Crippen LogP contribution in [0.4, 0.5) is 14.9 Å². The summed E-state index contributed by atoms with van der Waals surface area (Å²) in [6.07, 6.45) is 1.81. The van der Waals surface area contributed by atoms with Gasteiger partial charge in [-0.05, 0) is 57.1 Å². The van der Waals surface area contributed by atoms with Gasteiger partial charge in [0.05, 0.1) is 0 Å². The summed E-state index contributed by atoms with van der Waals surface area (Å²) in [5.74, 6) is -0.314. The third kappa shape index (κ3) is 4.69. The van der Waals surface area contributed by atoms with Crippen molar-refractivity contribution in [2.45, 2.75) is 25.3 Å². The molecule has 1 aromatic rings. The zero-order valence-corrected chi connectivity index (χ0v) is 11.6. The molecule has 1 saturated heterocycles. The van der Waals surface area contributed by atoms with Gasteiger partial charge in [0, 0.05) is 11.2 Å². The maximum absolute atomic E-state index is 12.7. The highest BCUT2D eigenvalue weighted by Crippen LogP contribution is 2.17. The summed E-state index contributed by atoms with van der Waals surface area (Å²) < 4.78 is 12.7. The average molecular weight is 288 g/mol. The minimum atomic E-state index is -0.314. The zero-order valence-electron chi connectivity index (χ0n) is 10.8. The van der Waals surface area contributed by atoms with Crippen LogP contribution in [0.15, 0.2) is 24.3 Å². The van der Waals surface area contributed by atoms with Gasteiger partial charge in [-0.3, -0.25) is 0 Å². The number of hydrogen-bond donors (Lipinski definition) is 3. The van der Waals surface area contributed by atoms with E-state index in [0.717, 1.165) is 25.9 Å². The number of urea groups is 1. The average Bonchev–Trinajstić information content (AvgIpc) is 2.32. The molecular weight excluding hydrogens is 269 g/mol. The van der Waals surface area contributed by atoms with Gasteiger partial charge in [-0.2, -0.15) is 0 Å². The molecule has 4 nitrogen and oxygen atoms in total. The van der Waals surface area contributed by atoms with Crippen molar-refractivity contribution in [3.05, 3.63) is 30.1 Å². The maximum atomic E-state index is 12.7. The largest absolute Gasteiger partial charge is 0.333 e. The summed E-state index contributed by atoms with van der Waals surface area (Å²) >= 11 is 0. The van der Waals surface area contributed by atoms with E-state index >= 15 is 0 Å². The molecule has 19 heavy (non-hydrogen) atoms. The van der Waals surface area contributed by atoms with E-state index in [0.29, 0.717) is 5.69 Å². The molecule has 1 fully saturated rings. The summed E-state index contributed by atoms with van der Waals surface area (Å²) in [4.78, 5) is 11.8. The predicted molar refractivity (Wildman–Crippen MR) is 76.3 cm³/mol. The Morgan fingerprint density at radius 1 is 1.26 bits per heavy atom. The summed E-state index contributed by atoms with van der Waals surface area (Å²) in [5, 5.41) is 8.93.